The molecule has 8 heteroatoms. The summed E-state index contributed by atoms with van der Waals surface area (Å²) >= 11 is 8.14. The molecule has 1 heterocycles. The van der Waals surface area contributed by atoms with Crippen LogP contribution in [0.5, 0.6) is 5.75 Å². The molecule has 0 unspecified atom stereocenters. The van der Waals surface area contributed by atoms with E-state index >= 15 is 0 Å². The molecular formula is C11H9BrN4O2S. The number of hydrogen-bond acceptors (Lipinski definition) is 5. The number of aromatic amines is 1. The van der Waals surface area contributed by atoms with Gasteiger partial charge in [-0.15, -0.1) is 0 Å². The summed E-state index contributed by atoms with van der Waals surface area (Å²) in [5.41, 5.74) is 0.607. The zero-order valence-corrected chi connectivity index (χ0v) is 12.2. The van der Waals surface area contributed by atoms with E-state index in [0.29, 0.717) is 10.0 Å². The van der Waals surface area contributed by atoms with Gasteiger partial charge >= 0.3 is 0 Å². The first-order valence-electron chi connectivity index (χ1n) is 5.20. The maximum absolute atomic E-state index is 11.8. The van der Waals surface area contributed by atoms with Crippen LogP contribution in [0.2, 0.25) is 0 Å². The van der Waals surface area contributed by atoms with Crippen LogP contribution < -0.4 is 5.56 Å². The molecule has 0 spiro atoms. The third-order valence-corrected chi connectivity index (χ3v) is 3.21. The molecule has 0 atom stereocenters. The number of phenols is 1. The lowest BCUT2D eigenvalue weighted by molar-refractivity contribution is 0.472. The Balaban J connectivity index is 2.43. The van der Waals surface area contributed by atoms with E-state index < -0.39 is 0 Å². The van der Waals surface area contributed by atoms with Gasteiger partial charge in [-0.2, -0.15) is 14.9 Å². The van der Waals surface area contributed by atoms with Gasteiger partial charge in [0, 0.05) is 0 Å². The molecule has 1 aromatic carbocycles. The molecule has 0 aliphatic carbocycles. The minimum atomic E-state index is -0.377. The third-order valence-electron chi connectivity index (χ3n) is 2.31. The Morgan fingerprint density at radius 2 is 2.32 bits per heavy atom. The average molecular weight is 341 g/mol. The smallest absolute Gasteiger partial charge is 0.296 e. The van der Waals surface area contributed by atoms with Gasteiger partial charge in [0.25, 0.3) is 5.56 Å². The van der Waals surface area contributed by atoms with Crippen molar-refractivity contribution in [2.45, 2.75) is 6.92 Å². The second kappa shape index (κ2) is 5.45. The van der Waals surface area contributed by atoms with Gasteiger partial charge in [0.05, 0.1) is 10.7 Å². The van der Waals surface area contributed by atoms with Gasteiger partial charge in [-0.1, -0.05) is 0 Å². The molecule has 0 aliphatic heterocycles. The zero-order chi connectivity index (χ0) is 14.0. The molecule has 19 heavy (non-hydrogen) atoms. The minimum absolute atomic E-state index is 0.115. The molecule has 0 saturated heterocycles. The Hall–Kier alpha value is -1.80. The Kier molecular flexibility index (Phi) is 3.91. The van der Waals surface area contributed by atoms with E-state index in [1.54, 1.807) is 19.1 Å². The lowest BCUT2D eigenvalue weighted by atomic mass is 10.2. The highest BCUT2D eigenvalue weighted by molar-refractivity contribution is 9.10. The van der Waals surface area contributed by atoms with E-state index in [0.717, 1.165) is 4.68 Å². The number of nitrogens with zero attached hydrogens (tertiary/aromatic N) is 3. The summed E-state index contributed by atoms with van der Waals surface area (Å²) in [7, 11) is 0. The fourth-order valence-electron chi connectivity index (χ4n) is 1.31. The van der Waals surface area contributed by atoms with Crippen molar-refractivity contribution in [3.05, 3.63) is 49.1 Å². The van der Waals surface area contributed by atoms with Gasteiger partial charge in [0.1, 0.15) is 11.4 Å². The monoisotopic (exact) mass is 340 g/mol. The number of aryl methyl sites for hydroxylation is 1. The lowest BCUT2D eigenvalue weighted by Crippen LogP contribution is -2.22. The SMILES string of the molecule is Cc1n[nH]c(=S)n(N=Cc2ccc(O)c(Br)c2)c1=O. The Morgan fingerprint density at radius 1 is 1.58 bits per heavy atom. The van der Waals surface area contributed by atoms with Crippen LogP contribution in [0.1, 0.15) is 11.3 Å². The predicted octanol–water partition coefficient (Wildman–Crippen LogP) is 1.96. The van der Waals surface area contributed by atoms with E-state index in [-0.39, 0.29) is 21.8 Å². The van der Waals surface area contributed by atoms with Gasteiger partial charge < -0.3 is 5.11 Å². The zero-order valence-electron chi connectivity index (χ0n) is 9.79. The quantitative estimate of drug-likeness (QED) is 0.646. The number of benzene rings is 1. The first-order valence-corrected chi connectivity index (χ1v) is 6.40. The molecular weight excluding hydrogens is 332 g/mol. The van der Waals surface area contributed by atoms with Gasteiger partial charge in [-0.05, 0) is 58.8 Å². The number of hydrogen-bond donors (Lipinski definition) is 2. The molecule has 2 N–H and O–H groups in total. The van der Waals surface area contributed by atoms with E-state index in [9.17, 15) is 9.90 Å². The van der Waals surface area contributed by atoms with Crippen LogP contribution in [0.25, 0.3) is 0 Å². The second-order valence-corrected chi connectivity index (χ2v) is 4.93. The highest BCUT2D eigenvalue weighted by Gasteiger charge is 2.01. The Morgan fingerprint density at radius 3 is 3.00 bits per heavy atom. The second-order valence-electron chi connectivity index (χ2n) is 3.69. The number of halogens is 1. The van der Waals surface area contributed by atoms with E-state index in [4.69, 9.17) is 12.2 Å². The Bertz CT molecular complexity index is 766. The lowest BCUT2D eigenvalue weighted by Gasteiger charge is -2.00. The first kappa shape index (κ1) is 13.6. The molecule has 0 aliphatic rings. The normalized spacial score (nSPS) is 11.1. The van der Waals surface area contributed by atoms with Crippen molar-refractivity contribution in [1.29, 1.82) is 0 Å². The van der Waals surface area contributed by atoms with Crippen molar-refractivity contribution < 1.29 is 5.11 Å². The van der Waals surface area contributed by atoms with Crippen LogP contribution >= 0.6 is 28.1 Å². The molecule has 0 amide bonds. The Labute approximate surface area is 121 Å². The number of H-pyrrole nitrogens is 1. The van der Waals surface area contributed by atoms with Crippen LogP contribution in [0.4, 0.5) is 0 Å². The molecule has 0 fully saturated rings. The van der Waals surface area contributed by atoms with Gasteiger partial charge in [-0.25, -0.2) is 0 Å². The van der Waals surface area contributed by atoms with Crippen LogP contribution in [-0.2, 0) is 0 Å². The molecule has 6 nitrogen and oxygen atoms in total. The first-order chi connectivity index (χ1) is 8.99. The topological polar surface area (TPSA) is 83.3 Å². The summed E-state index contributed by atoms with van der Waals surface area (Å²) in [6.07, 6.45) is 1.47. The van der Waals surface area contributed by atoms with Crippen molar-refractivity contribution in [2.24, 2.45) is 5.10 Å². The van der Waals surface area contributed by atoms with Gasteiger partial charge in [0.2, 0.25) is 4.77 Å². The van der Waals surface area contributed by atoms with Crippen molar-refractivity contribution in [3.63, 3.8) is 0 Å². The molecule has 0 saturated carbocycles. The van der Waals surface area contributed by atoms with Crippen molar-refractivity contribution in [2.75, 3.05) is 0 Å². The molecule has 0 radical (unpaired) electrons. The predicted molar refractivity (Wildman–Crippen MR) is 77.2 cm³/mol. The number of rotatable bonds is 2. The fraction of sp³-hybridized carbons (Fsp3) is 0.0909. The number of aromatic hydroxyl groups is 1. The summed E-state index contributed by atoms with van der Waals surface area (Å²) in [5, 5.41) is 19.7. The molecule has 0 bridgehead atoms. The van der Waals surface area contributed by atoms with Crippen molar-refractivity contribution in [3.8, 4) is 5.75 Å². The number of aromatic nitrogens is 3. The highest BCUT2D eigenvalue weighted by Crippen LogP contribution is 2.23. The molecule has 98 valence electrons. The molecule has 2 rings (SSSR count). The summed E-state index contributed by atoms with van der Waals surface area (Å²) in [4.78, 5) is 11.8. The van der Waals surface area contributed by atoms with E-state index in [1.165, 1.54) is 12.3 Å². The maximum atomic E-state index is 11.8. The highest BCUT2D eigenvalue weighted by atomic mass is 79.9. The standard InChI is InChI=1S/C11H9BrN4O2S/c1-6-10(18)16(11(19)15-14-6)13-5-7-2-3-9(17)8(12)4-7/h2-5,17H,1H3,(H,15,19). The largest absolute Gasteiger partial charge is 0.507 e. The molecule has 1 aromatic heterocycles. The minimum Gasteiger partial charge on any atom is -0.507 e. The summed E-state index contributed by atoms with van der Waals surface area (Å²) in [6, 6.07) is 4.85. The average Bonchev–Trinajstić information content (AvgIpc) is 2.38. The van der Waals surface area contributed by atoms with Crippen molar-refractivity contribution >= 4 is 34.4 Å². The third kappa shape index (κ3) is 2.96. The van der Waals surface area contributed by atoms with Gasteiger partial charge in [0.15, 0.2) is 0 Å². The van der Waals surface area contributed by atoms with Crippen LogP contribution in [0.3, 0.4) is 0 Å². The number of phenolic OH excluding ortho intramolecular Hbond substituents is 1. The fourth-order valence-corrected chi connectivity index (χ4v) is 1.88. The van der Waals surface area contributed by atoms with Crippen LogP contribution in [-0.4, -0.2) is 26.2 Å². The van der Waals surface area contributed by atoms with Crippen molar-refractivity contribution in [1.82, 2.24) is 14.9 Å². The van der Waals surface area contributed by atoms with Crippen LogP contribution in [0.15, 0.2) is 32.6 Å². The number of nitrogens with one attached hydrogen (secondary N) is 1. The summed E-state index contributed by atoms with van der Waals surface area (Å²) in [5.74, 6) is 0.131. The van der Waals surface area contributed by atoms with Gasteiger partial charge in [-0.3, -0.25) is 9.89 Å². The summed E-state index contributed by atoms with van der Waals surface area (Å²) in [6.45, 7) is 1.57. The molecule has 2 aromatic rings. The van der Waals surface area contributed by atoms with E-state index in [1.807, 2.05) is 0 Å². The van der Waals surface area contributed by atoms with Crippen LogP contribution in [0, 0.1) is 11.7 Å². The maximum Gasteiger partial charge on any atom is 0.296 e. The summed E-state index contributed by atoms with van der Waals surface area (Å²) < 4.78 is 1.71. The van der Waals surface area contributed by atoms with E-state index in [2.05, 4.69) is 31.2 Å².